The molecule has 1 rings (SSSR count). The summed E-state index contributed by atoms with van der Waals surface area (Å²) >= 11 is 0. The fraction of sp³-hybridized carbons (Fsp3) is 0.500. The average Bonchev–Trinajstić information content (AvgIpc) is 2.92. The van der Waals surface area contributed by atoms with Crippen molar-refractivity contribution in [2.24, 2.45) is 0 Å². The van der Waals surface area contributed by atoms with Crippen LogP contribution in [0.2, 0.25) is 6.04 Å². The molecule has 1 aromatic rings. The summed E-state index contributed by atoms with van der Waals surface area (Å²) in [6.07, 6.45) is -0.599. The molecule has 0 saturated heterocycles. The summed E-state index contributed by atoms with van der Waals surface area (Å²) in [4.78, 5) is 49.7. The van der Waals surface area contributed by atoms with Crippen LogP contribution in [0.1, 0.15) is 61.8 Å². The molecule has 222 valence electrons. The number of ether oxygens (including phenoxy) is 3. The van der Waals surface area contributed by atoms with Gasteiger partial charge in [0.15, 0.2) is 6.10 Å². The Morgan fingerprint density at radius 1 is 0.825 bits per heavy atom. The van der Waals surface area contributed by atoms with Gasteiger partial charge in [0, 0.05) is 43.6 Å². The molecule has 0 fully saturated rings. The zero-order valence-corrected chi connectivity index (χ0v) is 25.0. The number of amides is 1. The lowest BCUT2D eigenvalue weighted by atomic mass is 10.1. The number of benzene rings is 1. The van der Waals surface area contributed by atoms with Gasteiger partial charge in [-0.1, -0.05) is 25.3 Å². The van der Waals surface area contributed by atoms with Gasteiger partial charge in [-0.15, -0.1) is 0 Å². The van der Waals surface area contributed by atoms with E-state index < -0.39 is 38.7 Å². The molecular formula is C28H41NO10Si. The molecule has 0 unspecified atom stereocenters. The van der Waals surface area contributed by atoms with E-state index in [-0.39, 0.29) is 35.5 Å². The Morgan fingerprint density at radius 2 is 1.30 bits per heavy atom. The lowest BCUT2D eigenvalue weighted by Crippen LogP contribution is -2.46. The van der Waals surface area contributed by atoms with Crippen molar-refractivity contribution in [1.82, 2.24) is 5.32 Å². The second-order valence-corrected chi connectivity index (χ2v) is 11.4. The minimum atomic E-state index is -2.85. The molecule has 1 aromatic carbocycles. The third-order valence-corrected chi connectivity index (χ3v) is 8.35. The van der Waals surface area contributed by atoms with Crippen molar-refractivity contribution in [3.8, 4) is 0 Å². The van der Waals surface area contributed by atoms with Crippen molar-refractivity contribution < 1.29 is 46.7 Å². The van der Waals surface area contributed by atoms with E-state index in [2.05, 4.69) is 18.5 Å². The third kappa shape index (κ3) is 11.8. The van der Waals surface area contributed by atoms with Crippen LogP contribution in [0.4, 0.5) is 0 Å². The molecule has 12 heteroatoms. The van der Waals surface area contributed by atoms with Crippen LogP contribution < -0.4 is 5.32 Å². The molecule has 0 atom stereocenters. The first-order valence-corrected chi connectivity index (χ1v) is 15.1. The maximum Gasteiger partial charge on any atom is 0.500 e. The summed E-state index contributed by atoms with van der Waals surface area (Å²) in [5, 5.41) is 2.80. The molecule has 0 heterocycles. The zero-order chi connectivity index (χ0) is 30.1. The van der Waals surface area contributed by atoms with Gasteiger partial charge >= 0.3 is 26.7 Å². The van der Waals surface area contributed by atoms with E-state index in [1.165, 1.54) is 26.0 Å². The van der Waals surface area contributed by atoms with E-state index in [0.717, 1.165) is 0 Å². The first kappa shape index (κ1) is 34.7. The normalized spacial score (nSPS) is 11.1. The molecule has 0 aliphatic carbocycles. The molecule has 40 heavy (non-hydrogen) atoms. The molecule has 1 amide bonds. The highest BCUT2D eigenvalue weighted by atomic mass is 28.4. The lowest BCUT2D eigenvalue weighted by Gasteiger charge is -2.28. The standard InChI is InChI=1S/C28H41NO10Si/c1-8-36-40(37-9-2,38-10-3)17-13-16-29-25(30)23-14-11-12-15-24(23)28(33)39-22(18-34-26(31)20(4)5)19-35-27(32)21(6)7/h11-12,14-15,22H,4,6,8-10,13,16-19H2,1-3,5,7H3,(H,29,30). The van der Waals surface area contributed by atoms with Crippen LogP contribution >= 0.6 is 0 Å². The van der Waals surface area contributed by atoms with Gasteiger partial charge in [0.05, 0.1) is 11.1 Å². The summed E-state index contributed by atoms with van der Waals surface area (Å²) in [6, 6.07) is 6.63. The van der Waals surface area contributed by atoms with Gasteiger partial charge in [-0.05, 0) is 53.2 Å². The van der Waals surface area contributed by atoms with E-state index in [0.29, 0.717) is 38.8 Å². The third-order valence-electron chi connectivity index (χ3n) is 5.20. The molecule has 0 saturated carbocycles. The fourth-order valence-corrected chi connectivity index (χ4v) is 5.99. The SMILES string of the molecule is C=C(C)C(=O)OCC(COC(=O)C(=C)C)OC(=O)c1ccccc1C(=O)NCCC[Si](OCC)(OCC)OCC. The zero-order valence-electron chi connectivity index (χ0n) is 24.0. The number of nitrogens with one attached hydrogen (secondary N) is 1. The number of carbonyl (C=O) groups excluding carboxylic acids is 4. The Kier molecular flexibility index (Phi) is 15.7. The maximum absolute atomic E-state index is 13.1. The van der Waals surface area contributed by atoms with Crippen LogP contribution in [0, 0.1) is 0 Å². The van der Waals surface area contributed by atoms with Crippen molar-refractivity contribution in [1.29, 1.82) is 0 Å². The number of hydrogen-bond acceptors (Lipinski definition) is 10. The van der Waals surface area contributed by atoms with Gasteiger partial charge in [0.1, 0.15) is 13.2 Å². The van der Waals surface area contributed by atoms with Crippen molar-refractivity contribution in [2.45, 2.75) is 53.2 Å². The average molecular weight is 580 g/mol. The van der Waals surface area contributed by atoms with Crippen LogP contribution in [0.3, 0.4) is 0 Å². The van der Waals surface area contributed by atoms with Crippen LogP contribution in [-0.4, -0.2) is 78.3 Å². The van der Waals surface area contributed by atoms with Crippen LogP contribution in [0.5, 0.6) is 0 Å². The molecule has 0 aliphatic rings. The van der Waals surface area contributed by atoms with E-state index >= 15 is 0 Å². The van der Waals surface area contributed by atoms with Gasteiger partial charge in [-0.2, -0.15) is 0 Å². The van der Waals surface area contributed by atoms with E-state index in [9.17, 15) is 19.2 Å². The van der Waals surface area contributed by atoms with Crippen molar-refractivity contribution in [3.05, 3.63) is 59.7 Å². The number of carbonyl (C=O) groups is 4. The monoisotopic (exact) mass is 579 g/mol. The van der Waals surface area contributed by atoms with Crippen molar-refractivity contribution in [2.75, 3.05) is 39.6 Å². The topological polar surface area (TPSA) is 136 Å². The number of rotatable bonds is 19. The second-order valence-electron chi connectivity index (χ2n) is 8.67. The van der Waals surface area contributed by atoms with Crippen LogP contribution in [0.15, 0.2) is 48.6 Å². The Morgan fingerprint density at radius 3 is 1.75 bits per heavy atom. The largest absolute Gasteiger partial charge is 0.500 e. The molecular weight excluding hydrogens is 538 g/mol. The molecule has 0 spiro atoms. The quantitative estimate of drug-likeness (QED) is 0.0851. The summed E-state index contributed by atoms with van der Waals surface area (Å²) < 4.78 is 33.1. The van der Waals surface area contributed by atoms with E-state index in [4.69, 9.17) is 27.5 Å². The smallest absolute Gasteiger partial charge is 0.458 e. The van der Waals surface area contributed by atoms with Crippen LogP contribution in [0.25, 0.3) is 0 Å². The van der Waals surface area contributed by atoms with Crippen LogP contribution in [-0.2, 0) is 37.1 Å². The Hall–Kier alpha value is -3.32. The molecule has 0 aromatic heterocycles. The van der Waals surface area contributed by atoms with Gasteiger partial charge in [-0.3, -0.25) is 4.79 Å². The molecule has 11 nitrogen and oxygen atoms in total. The molecule has 1 N–H and O–H groups in total. The minimum Gasteiger partial charge on any atom is -0.458 e. The van der Waals surface area contributed by atoms with Crippen molar-refractivity contribution in [3.63, 3.8) is 0 Å². The van der Waals surface area contributed by atoms with Gasteiger partial charge in [0.2, 0.25) is 0 Å². The molecule has 0 bridgehead atoms. The summed E-state index contributed by atoms with van der Waals surface area (Å²) in [6.45, 7) is 16.4. The van der Waals surface area contributed by atoms with Gasteiger partial charge in [-0.25, -0.2) is 14.4 Å². The first-order chi connectivity index (χ1) is 19.0. The van der Waals surface area contributed by atoms with Crippen molar-refractivity contribution >= 4 is 32.6 Å². The Bertz CT molecular complexity index is 995. The Balaban J connectivity index is 2.92. The number of esters is 3. The maximum atomic E-state index is 13.1. The summed E-state index contributed by atoms with van der Waals surface area (Å²) in [7, 11) is -2.85. The first-order valence-electron chi connectivity index (χ1n) is 13.1. The van der Waals surface area contributed by atoms with E-state index in [1.54, 1.807) is 12.1 Å². The summed E-state index contributed by atoms with van der Waals surface area (Å²) in [5.41, 5.74) is 0.376. The highest BCUT2D eigenvalue weighted by Crippen LogP contribution is 2.18. The summed E-state index contributed by atoms with van der Waals surface area (Å²) in [5.74, 6) is -2.73. The number of hydrogen-bond donors (Lipinski definition) is 1. The lowest BCUT2D eigenvalue weighted by molar-refractivity contribution is -0.148. The predicted molar refractivity (Wildman–Crippen MR) is 150 cm³/mol. The molecule has 0 aliphatic heterocycles. The minimum absolute atomic E-state index is 0.0101. The highest BCUT2D eigenvalue weighted by Gasteiger charge is 2.39. The second kappa shape index (κ2) is 18.1. The Labute approximate surface area is 237 Å². The molecule has 0 radical (unpaired) electrons. The predicted octanol–water partition coefficient (Wildman–Crippen LogP) is 3.62. The van der Waals surface area contributed by atoms with E-state index in [1.807, 2.05) is 20.8 Å². The fourth-order valence-electron chi connectivity index (χ4n) is 3.38. The van der Waals surface area contributed by atoms with Gasteiger partial charge < -0.3 is 32.8 Å². The highest BCUT2D eigenvalue weighted by molar-refractivity contribution is 6.60. The van der Waals surface area contributed by atoms with Gasteiger partial charge in [0.25, 0.3) is 5.91 Å².